The van der Waals surface area contributed by atoms with Crippen LogP contribution in [0.25, 0.3) is 0 Å². The van der Waals surface area contributed by atoms with Crippen molar-refractivity contribution >= 4 is 5.91 Å². The quantitative estimate of drug-likeness (QED) is 0.833. The van der Waals surface area contributed by atoms with Crippen LogP contribution in [0.1, 0.15) is 59.8 Å². The molecule has 0 bridgehead atoms. The number of carbonyl (C=O) groups excluding carboxylic acids is 1. The van der Waals surface area contributed by atoms with E-state index in [1.54, 1.807) is 0 Å². The molecule has 110 valence electrons. The Bertz CT molecular complexity index is 321. The molecule has 1 N–H and O–H groups in total. The van der Waals surface area contributed by atoms with Crippen LogP contribution in [0.5, 0.6) is 0 Å². The van der Waals surface area contributed by atoms with Crippen LogP contribution in [0.15, 0.2) is 0 Å². The first-order valence-electron chi connectivity index (χ1n) is 7.98. The lowest BCUT2D eigenvalue weighted by Crippen LogP contribution is -2.57. The number of nitrogens with one attached hydrogen (secondary N) is 1. The third kappa shape index (κ3) is 3.31. The summed E-state index contributed by atoms with van der Waals surface area (Å²) in [6.45, 7) is 10.3. The summed E-state index contributed by atoms with van der Waals surface area (Å²) < 4.78 is 0. The second-order valence-electron chi connectivity index (χ2n) is 7.25. The second-order valence-corrected chi connectivity index (χ2v) is 7.25. The molecular formula is C16H30N2O. The van der Waals surface area contributed by atoms with Crippen LogP contribution in [0, 0.1) is 11.8 Å². The molecule has 1 heterocycles. The van der Waals surface area contributed by atoms with Gasteiger partial charge in [-0.25, -0.2) is 0 Å². The van der Waals surface area contributed by atoms with Gasteiger partial charge in [0.2, 0.25) is 5.91 Å². The van der Waals surface area contributed by atoms with Gasteiger partial charge < -0.3 is 10.2 Å². The van der Waals surface area contributed by atoms with Gasteiger partial charge in [0, 0.05) is 12.1 Å². The van der Waals surface area contributed by atoms with Crippen molar-refractivity contribution in [1.29, 1.82) is 0 Å². The van der Waals surface area contributed by atoms with E-state index in [0.717, 1.165) is 31.3 Å². The molecule has 1 aliphatic heterocycles. The van der Waals surface area contributed by atoms with Crippen LogP contribution in [-0.4, -0.2) is 35.5 Å². The van der Waals surface area contributed by atoms with Gasteiger partial charge in [0.1, 0.15) is 0 Å². The van der Waals surface area contributed by atoms with E-state index in [4.69, 9.17) is 0 Å². The van der Waals surface area contributed by atoms with E-state index in [0.29, 0.717) is 5.91 Å². The molecule has 0 aromatic rings. The number of rotatable bonds is 2. The highest BCUT2D eigenvalue weighted by Crippen LogP contribution is 2.36. The summed E-state index contributed by atoms with van der Waals surface area (Å²) in [7, 11) is 0. The fraction of sp³-hybridized carbons (Fsp3) is 0.938. The lowest BCUT2D eigenvalue weighted by molar-refractivity contribution is -0.139. The first-order chi connectivity index (χ1) is 8.93. The van der Waals surface area contributed by atoms with Crippen molar-refractivity contribution < 1.29 is 4.79 Å². The van der Waals surface area contributed by atoms with E-state index in [1.165, 1.54) is 25.7 Å². The van der Waals surface area contributed by atoms with Crippen molar-refractivity contribution in [3.05, 3.63) is 0 Å². The summed E-state index contributed by atoms with van der Waals surface area (Å²) in [4.78, 5) is 14.7. The molecule has 3 atom stereocenters. The Kier molecular flexibility index (Phi) is 4.54. The van der Waals surface area contributed by atoms with Crippen molar-refractivity contribution in [3.8, 4) is 0 Å². The van der Waals surface area contributed by atoms with Gasteiger partial charge in [-0.05, 0) is 58.9 Å². The van der Waals surface area contributed by atoms with Gasteiger partial charge in [-0.1, -0.05) is 19.3 Å². The van der Waals surface area contributed by atoms with Gasteiger partial charge in [0.05, 0.1) is 6.04 Å². The Morgan fingerprint density at radius 3 is 2.42 bits per heavy atom. The molecule has 19 heavy (non-hydrogen) atoms. The maximum absolute atomic E-state index is 12.7. The fourth-order valence-electron chi connectivity index (χ4n) is 3.88. The SMILES string of the molecule is CCN(C(=O)C1CC2CCCCC2CN1)C(C)(C)C. The van der Waals surface area contributed by atoms with Gasteiger partial charge in [-0.2, -0.15) is 0 Å². The number of piperidine rings is 1. The topological polar surface area (TPSA) is 32.3 Å². The minimum Gasteiger partial charge on any atom is -0.337 e. The van der Waals surface area contributed by atoms with Gasteiger partial charge in [0.25, 0.3) is 0 Å². The van der Waals surface area contributed by atoms with E-state index in [-0.39, 0.29) is 11.6 Å². The average molecular weight is 266 g/mol. The highest BCUT2D eigenvalue weighted by Gasteiger charge is 2.38. The van der Waals surface area contributed by atoms with Gasteiger partial charge in [0.15, 0.2) is 0 Å². The van der Waals surface area contributed by atoms with Crippen molar-refractivity contribution in [1.82, 2.24) is 10.2 Å². The zero-order chi connectivity index (χ0) is 14.0. The molecule has 1 saturated carbocycles. The summed E-state index contributed by atoms with van der Waals surface area (Å²) in [5.74, 6) is 1.91. The predicted molar refractivity (Wildman–Crippen MR) is 79.0 cm³/mol. The molecule has 2 rings (SSSR count). The Hall–Kier alpha value is -0.570. The fourth-order valence-corrected chi connectivity index (χ4v) is 3.88. The monoisotopic (exact) mass is 266 g/mol. The normalized spacial score (nSPS) is 31.7. The highest BCUT2D eigenvalue weighted by molar-refractivity contribution is 5.82. The van der Waals surface area contributed by atoms with Gasteiger partial charge in [-0.3, -0.25) is 4.79 Å². The number of carbonyl (C=O) groups is 1. The van der Waals surface area contributed by atoms with Crippen LogP contribution in [0.2, 0.25) is 0 Å². The molecule has 2 aliphatic rings. The van der Waals surface area contributed by atoms with Crippen LogP contribution in [0.4, 0.5) is 0 Å². The molecule has 3 heteroatoms. The van der Waals surface area contributed by atoms with Crippen molar-refractivity contribution in [2.24, 2.45) is 11.8 Å². The number of amides is 1. The van der Waals surface area contributed by atoms with E-state index in [2.05, 4.69) is 33.0 Å². The minimum atomic E-state index is -0.0725. The Morgan fingerprint density at radius 2 is 1.84 bits per heavy atom. The van der Waals surface area contributed by atoms with Crippen molar-refractivity contribution in [3.63, 3.8) is 0 Å². The predicted octanol–water partition coefficient (Wildman–Crippen LogP) is 2.80. The zero-order valence-corrected chi connectivity index (χ0v) is 13.0. The number of likely N-dealkylation sites (N-methyl/N-ethyl adjacent to an activating group) is 1. The Morgan fingerprint density at radius 1 is 1.21 bits per heavy atom. The smallest absolute Gasteiger partial charge is 0.240 e. The number of hydrogen-bond acceptors (Lipinski definition) is 2. The molecule has 1 aliphatic carbocycles. The van der Waals surface area contributed by atoms with Crippen molar-refractivity contribution in [2.45, 2.75) is 71.4 Å². The lowest BCUT2D eigenvalue weighted by atomic mass is 9.73. The van der Waals surface area contributed by atoms with Crippen LogP contribution < -0.4 is 5.32 Å². The summed E-state index contributed by atoms with van der Waals surface area (Å²) in [6, 6.07) is 0.0542. The standard InChI is InChI=1S/C16H30N2O/c1-5-18(16(2,3)4)15(19)14-10-12-8-6-7-9-13(12)11-17-14/h12-14,17H,5-11H2,1-4H3. The van der Waals surface area contributed by atoms with Crippen molar-refractivity contribution in [2.75, 3.05) is 13.1 Å². The van der Waals surface area contributed by atoms with Crippen LogP contribution >= 0.6 is 0 Å². The van der Waals surface area contributed by atoms with Crippen LogP contribution in [0.3, 0.4) is 0 Å². The highest BCUT2D eigenvalue weighted by atomic mass is 16.2. The number of hydrogen-bond donors (Lipinski definition) is 1. The van der Waals surface area contributed by atoms with Gasteiger partial charge in [-0.15, -0.1) is 0 Å². The molecule has 3 unspecified atom stereocenters. The molecule has 3 nitrogen and oxygen atoms in total. The minimum absolute atomic E-state index is 0.0542. The van der Waals surface area contributed by atoms with E-state index in [9.17, 15) is 4.79 Å². The maximum Gasteiger partial charge on any atom is 0.240 e. The second kappa shape index (κ2) is 5.82. The van der Waals surface area contributed by atoms with Gasteiger partial charge >= 0.3 is 0 Å². The Labute approximate surface area is 118 Å². The molecule has 1 amide bonds. The maximum atomic E-state index is 12.7. The third-order valence-corrected chi connectivity index (χ3v) is 4.92. The zero-order valence-electron chi connectivity index (χ0n) is 13.0. The first-order valence-corrected chi connectivity index (χ1v) is 7.98. The molecule has 2 fully saturated rings. The molecule has 1 saturated heterocycles. The molecule has 0 aromatic carbocycles. The van der Waals surface area contributed by atoms with E-state index >= 15 is 0 Å². The molecule has 0 radical (unpaired) electrons. The lowest BCUT2D eigenvalue weighted by Gasteiger charge is -2.43. The summed E-state index contributed by atoms with van der Waals surface area (Å²) in [5.41, 5.74) is -0.0725. The summed E-state index contributed by atoms with van der Waals surface area (Å²) in [5, 5.41) is 3.51. The summed E-state index contributed by atoms with van der Waals surface area (Å²) in [6.07, 6.45) is 6.48. The molecule has 0 spiro atoms. The Balaban J connectivity index is 2.00. The summed E-state index contributed by atoms with van der Waals surface area (Å²) >= 11 is 0. The van der Waals surface area contributed by atoms with E-state index in [1.807, 2.05) is 4.90 Å². The number of fused-ring (bicyclic) bond motifs is 1. The molecule has 0 aromatic heterocycles. The van der Waals surface area contributed by atoms with Crippen LogP contribution in [-0.2, 0) is 4.79 Å². The van der Waals surface area contributed by atoms with E-state index < -0.39 is 0 Å². The first kappa shape index (κ1) is 14.8. The molecular weight excluding hydrogens is 236 g/mol. The largest absolute Gasteiger partial charge is 0.337 e. The number of nitrogens with zero attached hydrogens (tertiary/aromatic N) is 1. The average Bonchev–Trinajstić information content (AvgIpc) is 2.37. The third-order valence-electron chi connectivity index (χ3n) is 4.92.